The molecule has 1 saturated carbocycles. The van der Waals surface area contributed by atoms with Crippen molar-refractivity contribution in [1.29, 1.82) is 0 Å². The second kappa shape index (κ2) is 4.87. The highest BCUT2D eigenvalue weighted by molar-refractivity contribution is 7.10. The summed E-state index contributed by atoms with van der Waals surface area (Å²) in [5.41, 5.74) is 1.85. The van der Waals surface area contributed by atoms with Gasteiger partial charge in [0.2, 0.25) is 0 Å². The Morgan fingerprint density at radius 1 is 1.26 bits per heavy atom. The van der Waals surface area contributed by atoms with E-state index < -0.39 is 0 Å². The third-order valence-electron chi connectivity index (χ3n) is 5.25. The van der Waals surface area contributed by atoms with Gasteiger partial charge in [0.1, 0.15) is 0 Å². The van der Waals surface area contributed by atoms with Gasteiger partial charge in [0, 0.05) is 23.6 Å². The summed E-state index contributed by atoms with van der Waals surface area (Å²) >= 11 is 1.94. The summed E-state index contributed by atoms with van der Waals surface area (Å²) in [7, 11) is 0. The predicted molar refractivity (Wildman–Crippen MR) is 78.7 cm³/mol. The molecule has 1 aromatic rings. The summed E-state index contributed by atoms with van der Waals surface area (Å²) in [4.78, 5) is 1.62. The summed E-state index contributed by atoms with van der Waals surface area (Å²) in [6, 6.07) is 3.62. The van der Waals surface area contributed by atoms with Crippen LogP contribution in [0.4, 0.5) is 0 Å². The summed E-state index contributed by atoms with van der Waals surface area (Å²) in [5, 5.41) is 6.22. The fraction of sp³-hybridized carbons (Fsp3) is 0.750. The highest BCUT2D eigenvalue weighted by Gasteiger charge is 2.43. The Balaban J connectivity index is 1.45. The van der Waals surface area contributed by atoms with Gasteiger partial charge in [-0.25, -0.2) is 0 Å². The smallest absolute Gasteiger partial charge is 0.0697 e. The first-order valence-electron chi connectivity index (χ1n) is 7.81. The minimum atomic E-state index is 0.266. The maximum atomic E-state index is 6.04. The van der Waals surface area contributed by atoms with Crippen molar-refractivity contribution in [3.05, 3.63) is 21.9 Å². The van der Waals surface area contributed by atoms with E-state index in [4.69, 9.17) is 4.74 Å². The fourth-order valence-electron chi connectivity index (χ4n) is 4.03. The molecular formula is C16H23NOS. The highest BCUT2D eigenvalue weighted by atomic mass is 32.1. The molecule has 19 heavy (non-hydrogen) atoms. The van der Waals surface area contributed by atoms with Crippen molar-refractivity contribution >= 4 is 11.3 Å². The number of rotatable bonds is 2. The summed E-state index contributed by atoms with van der Waals surface area (Å²) in [5.74, 6) is 0. The van der Waals surface area contributed by atoms with Crippen LogP contribution in [0.2, 0.25) is 0 Å². The molecular weight excluding hydrogens is 254 g/mol. The molecule has 2 heterocycles. The molecule has 3 aliphatic rings. The van der Waals surface area contributed by atoms with Gasteiger partial charge < -0.3 is 10.1 Å². The van der Waals surface area contributed by atoms with E-state index >= 15 is 0 Å². The van der Waals surface area contributed by atoms with E-state index in [2.05, 4.69) is 16.8 Å². The molecule has 3 heteroatoms. The van der Waals surface area contributed by atoms with Gasteiger partial charge in [-0.15, -0.1) is 11.3 Å². The third kappa shape index (κ3) is 2.26. The molecule has 0 radical (unpaired) electrons. The maximum Gasteiger partial charge on any atom is 0.0697 e. The van der Waals surface area contributed by atoms with Crippen LogP contribution in [0.15, 0.2) is 11.4 Å². The molecule has 0 bridgehead atoms. The molecule has 1 aromatic heterocycles. The van der Waals surface area contributed by atoms with E-state index in [-0.39, 0.29) is 5.60 Å². The van der Waals surface area contributed by atoms with Crippen molar-refractivity contribution in [2.75, 3.05) is 6.61 Å². The average molecular weight is 277 g/mol. The van der Waals surface area contributed by atoms with Gasteiger partial charge in [0.05, 0.1) is 5.60 Å². The number of aryl methyl sites for hydroxylation is 1. The Labute approximate surface area is 119 Å². The zero-order valence-electron chi connectivity index (χ0n) is 11.5. The number of thiophene rings is 1. The molecule has 104 valence electrons. The van der Waals surface area contributed by atoms with Crippen LogP contribution in [-0.4, -0.2) is 18.2 Å². The van der Waals surface area contributed by atoms with Crippen LogP contribution in [0, 0.1) is 0 Å². The minimum Gasteiger partial charge on any atom is -0.375 e. The van der Waals surface area contributed by atoms with Crippen LogP contribution in [0.1, 0.15) is 61.4 Å². The topological polar surface area (TPSA) is 21.3 Å². The maximum absolute atomic E-state index is 6.04. The molecule has 2 atom stereocenters. The van der Waals surface area contributed by atoms with Gasteiger partial charge in [-0.05, 0) is 68.4 Å². The first-order chi connectivity index (χ1) is 9.35. The van der Waals surface area contributed by atoms with Gasteiger partial charge in [-0.1, -0.05) is 0 Å². The summed E-state index contributed by atoms with van der Waals surface area (Å²) in [6.45, 7) is 0.959. The molecule has 4 rings (SSSR count). The number of fused-ring (bicyclic) bond motifs is 1. The molecule has 1 spiro atoms. The molecule has 2 aliphatic carbocycles. The Hall–Kier alpha value is -0.380. The van der Waals surface area contributed by atoms with Crippen LogP contribution >= 0.6 is 11.3 Å². The lowest BCUT2D eigenvalue weighted by Crippen LogP contribution is -2.51. The summed E-state index contributed by atoms with van der Waals surface area (Å²) < 4.78 is 6.04. The SMILES string of the molecule is c1cc2c(s1)CCCC2NC1CCOC2(CCC2)C1. The van der Waals surface area contributed by atoms with Gasteiger partial charge in [-0.3, -0.25) is 0 Å². The Morgan fingerprint density at radius 3 is 3.05 bits per heavy atom. The number of nitrogens with one attached hydrogen (secondary N) is 1. The van der Waals surface area contributed by atoms with E-state index in [0.717, 1.165) is 6.61 Å². The largest absolute Gasteiger partial charge is 0.375 e. The third-order valence-corrected chi connectivity index (χ3v) is 6.24. The van der Waals surface area contributed by atoms with Crippen LogP contribution in [-0.2, 0) is 11.2 Å². The lowest BCUT2D eigenvalue weighted by atomic mass is 9.73. The molecule has 2 nitrogen and oxygen atoms in total. The van der Waals surface area contributed by atoms with E-state index in [9.17, 15) is 0 Å². The molecule has 2 fully saturated rings. The van der Waals surface area contributed by atoms with Crippen molar-refractivity contribution in [3.8, 4) is 0 Å². The van der Waals surface area contributed by atoms with Gasteiger partial charge >= 0.3 is 0 Å². The zero-order valence-corrected chi connectivity index (χ0v) is 12.3. The van der Waals surface area contributed by atoms with E-state index in [1.807, 2.05) is 11.3 Å². The van der Waals surface area contributed by atoms with Crippen LogP contribution in [0.3, 0.4) is 0 Å². The molecule has 1 N–H and O–H groups in total. The standard InChI is InChI=1S/C16H23NOS/c1-3-14(13-6-10-19-15(13)4-1)17-12-5-9-18-16(11-12)7-2-8-16/h6,10,12,14,17H,1-5,7-9,11H2. The second-order valence-electron chi connectivity index (χ2n) is 6.49. The molecule has 0 amide bonds. The fourth-order valence-corrected chi connectivity index (χ4v) is 5.02. The van der Waals surface area contributed by atoms with Crippen molar-refractivity contribution in [3.63, 3.8) is 0 Å². The lowest BCUT2D eigenvalue weighted by molar-refractivity contribution is -0.136. The van der Waals surface area contributed by atoms with Crippen LogP contribution in [0.25, 0.3) is 0 Å². The number of hydrogen-bond acceptors (Lipinski definition) is 3. The normalized spacial score (nSPS) is 32.8. The first kappa shape index (κ1) is 12.4. The Morgan fingerprint density at radius 2 is 2.21 bits per heavy atom. The first-order valence-corrected chi connectivity index (χ1v) is 8.69. The van der Waals surface area contributed by atoms with Crippen LogP contribution in [0.5, 0.6) is 0 Å². The van der Waals surface area contributed by atoms with E-state index in [1.165, 1.54) is 51.4 Å². The quantitative estimate of drug-likeness (QED) is 0.887. The van der Waals surface area contributed by atoms with Crippen molar-refractivity contribution in [2.24, 2.45) is 0 Å². The summed E-state index contributed by atoms with van der Waals surface area (Å²) in [6.07, 6.45) is 10.3. The minimum absolute atomic E-state index is 0.266. The lowest BCUT2D eigenvalue weighted by Gasteiger charge is -2.48. The molecule has 2 unspecified atom stereocenters. The number of hydrogen-bond donors (Lipinski definition) is 1. The predicted octanol–water partition coefficient (Wildman–Crippen LogP) is 3.82. The van der Waals surface area contributed by atoms with Gasteiger partial charge in [0.25, 0.3) is 0 Å². The van der Waals surface area contributed by atoms with E-state index in [1.54, 1.807) is 10.4 Å². The van der Waals surface area contributed by atoms with Crippen LogP contribution < -0.4 is 5.32 Å². The number of ether oxygens (including phenoxy) is 1. The average Bonchev–Trinajstić information content (AvgIpc) is 2.87. The van der Waals surface area contributed by atoms with Gasteiger partial charge in [-0.2, -0.15) is 0 Å². The monoisotopic (exact) mass is 277 g/mol. The van der Waals surface area contributed by atoms with Crippen molar-refractivity contribution in [2.45, 2.75) is 69.1 Å². The molecule has 0 aromatic carbocycles. The van der Waals surface area contributed by atoms with E-state index in [0.29, 0.717) is 12.1 Å². The van der Waals surface area contributed by atoms with Crippen molar-refractivity contribution in [1.82, 2.24) is 5.32 Å². The molecule has 1 saturated heterocycles. The molecule has 1 aliphatic heterocycles. The Kier molecular flexibility index (Phi) is 3.17. The highest BCUT2D eigenvalue weighted by Crippen LogP contribution is 2.43. The Bertz CT molecular complexity index is 451. The second-order valence-corrected chi connectivity index (χ2v) is 7.49. The van der Waals surface area contributed by atoms with Gasteiger partial charge in [0.15, 0.2) is 0 Å². The zero-order chi connectivity index (χ0) is 12.7. The van der Waals surface area contributed by atoms with Crippen molar-refractivity contribution < 1.29 is 4.74 Å².